The molecule has 0 saturated carbocycles. The second kappa shape index (κ2) is 4.66. The van der Waals surface area contributed by atoms with Gasteiger partial charge in [0.25, 0.3) is 0 Å². The van der Waals surface area contributed by atoms with Crippen LogP contribution in [0.3, 0.4) is 0 Å². The molecule has 18 heavy (non-hydrogen) atoms. The Morgan fingerprint density at radius 1 is 1.50 bits per heavy atom. The molecule has 0 amide bonds. The van der Waals surface area contributed by atoms with Crippen LogP contribution in [0, 0.1) is 6.92 Å². The molecule has 0 fully saturated rings. The summed E-state index contributed by atoms with van der Waals surface area (Å²) in [6.07, 6.45) is 0.238. The normalized spacial score (nSPS) is 22.6. The van der Waals surface area contributed by atoms with E-state index >= 15 is 0 Å². The first kappa shape index (κ1) is 12.2. The third-order valence-corrected chi connectivity index (χ3v) is 4.32. The van der Waals surface area contributed by atoms with Gasteiger partial charge in [-0.15, -0.1) is 0 Å². The monoisotopic (exact) mass is 355 g/mol. The van der Waals surface area contributed by atoms with E-state index in [1.54, 1.807) is 0 Å². The average molecular weight is 355 g/mol. The van der Waals surface area contributed by atoms with E-state index in [4.69, 9.17) is 4.74 Å². The molecule has 3 rings (SSSR count). The molecule has 1 aromatic heterocycles. The molecule has 0 bridgehead atoms. The third-order valence-electron chi connectivity index (χ3n) is 3.34. The molecule has 3 nitrogen and oxygen atoms in total. The summed E-state index contributed by atoms with van der Waals surface area (Å²) in [6.45, 7) is 2.04. The number of aromatic nitrogens is 1. The fourth-order valence-electron chi connectivity index (χ4n) is 2.36. The third kappa shape index (κ3) is 1.97. The van der Waals surface area contributed by atoms with Crippen LogP contribution in [0.1, 0.15) is 23.7 Å². The van der Waals surface area contributed by atoms with Gasteiger partial charge in [-0.2, -0.15) is 0 Å². The predicted octanol–water partition coefficient (Wildman–Crippen LogP) is 3.16. The summed E-state index contributed by atoms with van der Waals surface area (Å²) in [5.41, 5.74) is 2.90. The van der Waals surface area contributed by atoms with Gasteiger partial charge in [-0.3, -0.25) is 0 Å². The highest BCUT2D eigenvalue weighted by molar-refractivity contribution is 14.1. The SMILES string of the molecule is Cc1cccc2cc3c(nc12)O[C@H](CI)C[C@@H]3O. The summed E-state index contributed by atoms with van der Waals surface area (Å²) in [4.78, 5) is 4.58. The van der Waals surface area contributed by atoms with Crippen LogP contribution in [-0.2, 0) is 0 Å². The fraction of sp³-hybridized carbons (Fsp3) is 0.357. The molecule has 1 aromatic carbocycles. The molecule has 0 spiro atoms. The van der Waals surface area contributed by atoms with Crippen LogP contribution in [-0.4, -0.2) is 20.6 Å². The highest BCUT2D eigenvalue weighted by Crippen LogP contribution is 2.36. The summed E-state index contributed by atoms with van der Waals surface area (Å²) in [6, 6.07) is 8.07. The van der Waals surface area contributed by atoms with E-state index in [1.807, 2.05) is 31.2 Å². The number of hydrogen-bond acceptors (Lipinski definition) is 3. The molecule has 4 heteroatoms. The average Bonchev–Trinajstić information content (AvgIpc) is 2.38. The Bertz CT molecular complexity index is 600. The van der Waals surface area contributed by atoms with Crippen molar-refractivity contribution in [1.29, 1.82) is 0 Å². The van der Waals surface area contributed by atoms with Gasteiger partial charge in [-0.25, -0.2) is 4.98 Å². The van der Waals surface area contributed by atoms with Crippen molar-refractivity contribution in [1.82, 2.24) is 4.98 Å². The molecule has 2 atom stereocenters. The molecule has 2 aromatic rings. The van der Waals surface area contributed by atoms with Crippen LogP contribution >= 0.6 is 22.6 Å². The van der Waals surface area contributed by atoms with E-state index < -0.39 is 6.10 Å². The molecular weight excluding hydrogens is 341 g/mol. The highest BCUT2D eigenvalue weighted by atomic mass is 127. The van der Waals surface area contributed by atoms with Crippen LogP contribution < -0.4 is 4.74 Å². The fourth-order valence-corrected chi connectivity index (χ4v) is 2.90. The van der Waals surface area contributed by atoms with Gasteiger partial charge in [0.2, 0.25) is 5.88 Å². The minimum absolute atomic E-state index is 0.0575. The van der Waals surface area contributed by atoms with Crippen LogP contribution in [0.15, 0.2) is 24.3 Å². The Morgan fingerprint density at radius 3 is 3.11 bits per heavy atom. The van der Waals surface area contributed by atoms with Crippen molar-refractivity contribution in [3.8, 4) is 5.88 Å². The molecule has 1 N–H and O–H groups in total. The summed E-state index contributed by atoms with van der Waals surface area (Å²) >= 11 is 2.28. The molecule has 1 aliphatic heterocycles. The number of halogens is 1. The molecule has 0 aliphatic carbocycles. The van der Waals surface area contributed by atoms with E-state index in [1.165, 1.54) is 0 Å². The highest BCUT2D eigenvalue weighted by Gasteiger charge is 2.27. The lowest BCUT2D eigenvalue weighted by Crippen LogP contribution is -2.27. The maximum absolute atomic E-state index is 10.2. The van der Waals surface area contributed by atoms with E-state index in [0.717, 1.165) is 26.5 Å². The van der Waals surface area contributed by atoms with Crippen LogP contribution in [0.4, 0.5) is 0 Å². The van der Waals surface area contributed by atoms with Crippen LogP contribution in [0.2, 0.25) is 0 Å². The quantitative estimate of drug-likeness (QED) is 0.631. The summed E-state index contributed by atoms with van der Waals surface area (Å²) in [5.74, 6) is 0.595. The van der Waals surface area contributed by atoms with Crippen molar-refractivity contribution in [3.05, 3.63) is 35.4 Å². The second-order valence-electron chi connectivity index (χ2n) is 4.68. The summed E-state index contributed by atoms with van der Waals surface area (Å²) in [5, 5.41) is 11.2. The zero-order valence-corrected chi connectivity index (χ0v) is 12.2. The Balaban J connectivity index is 2.18. The number of aryl methyl sites for hydroxylation is 1. The summed E-state index contributed by atoms with van der Waals surface area (Å²) < 4.78 is 6.70. The first-order valence-electron chi connectivity index (χ1n) is 6.00. The van der Waals surface area contributed by atoms with Crippen molar-refractivity contribution in [2.24, 2.45) is 0 Å². The lowest BCUT2D eigenvalue weighted by molar-refractivity contribution is 0.0747. The van der Waals surface area contributed by atoms with Gasteiger partial charge in [-0.05, 0) is 18.6 Å². The number of hydrogen-bond donors (Lipinski definition) is 1. The molecule has 0 radical (unpaired) electrons. The van der Waals surface area contributed by atoms with Crippen LogP contribution in [0.25, 0.3) is 10.9 Å². The van der Waals surface area contributed by atoms with Gasteiger partial charge in [-0.1, -0.05) is 40.8 Å². The van der Waals surface area contributed by atoms with Gasteiger partial charge >= 0.3 is 0 Å². The Morgan fingerprint density at radius 2 is 2.33 bits per heavy atom. The molecule has 1 aliphatic rings. The van der Waals surface area contributed by atoms with Crippen molar-refractivity contribution < 1.29 is 9.84 Å². The van der Waals surface area contributed by atoms with Gasteiger partial charge in [0.05, 0.1) is 11.6 Å². The van der Waals surface area contributed by atoms with Gasteiger partial charge < -0.3 is 9.84 Å². The van der Waals surface area contributed by atoms with Crippen molar-refractivity contribution in [2.45, 2.75) is 25.6 Å². The number of rotatable bonds is 1. The summed E-state index contributed by atoms with van der Waals surface area (Å²) in [7, 11) is 0. The van der Waals surface area contributed by atoms with E-state index in [9.17, 15) is 5.11 Å². The molecule has 94 valence electrons. The van der Waals surface area contributed by atoms with Gasteiger partial charge in [0.15, 0.2) is 0 Å². The van der Waals surface area contributed by atoms with Crippen molar-refractivity contribution in [2.75, 3.05) is 4.43 Å². The maximum atomic E-state index is 10.2. The lowest BCUT2D eigenvalue weighted by Gasteiger charge is -2.28. The first-order valence-corrected chi connectivity index (χ1v) is 7.52. The lowest BCUT2D eigenvalue weighted by atomic mass is 10.00. The standard InChI is InChI=1S/C14H14INO2/c1-8-3-2-4-9-5-11-12(17)6-10(7-15)18-14(11)16-13(8)9/h2-5,10,12,17H,6-7H2,1H3/t10-,12-/m0/s1. The Hall–Kier alpha value is -0.880. The Kier molecular flexibility index (Phi) is 3.15. The largest absolute Gasteiger partial charge is 0.473 e. The zero-order valence-electron chi connectivity index (χ0n) is 10.1. The van der Waals surface area contributed by atoms with E-state index in [0.29, 0.717) is 12.3 Å². The van der Waals surface area contributed by atoms with Gasteiger partial charge in [0, 0.05) is 21.8 Å². The number of alkyl halides is 1. The van der Waals surface area contributed by atoms with E-state index in [-0.39, 0.29) is 6.10 Å². The number of ether oxygens (including phenoxy) is 1. The number of fused-ring (bicyclic) bond motifs is 2. The topological polar surface area (TPSA) is 42.4 Å². The van der Waals surface area contributed by atoms with Crippen LogP contribution in [0.5, 0.6) is 5.88 Å². The molecular formula is C14H14INO2. The smallest absolute Gasteiger partial charge is 0.220 e. The molecule has 0 unspecified atom stereocenters. The Labute approximate surface area is 119 Å². The number of benzene rings is 1. The minimum Gasteiger partial charge on any atom is -0.473 e. The van der Waals surface area contributed by atoms with Crippen molar-refractivity contribution in [3.63, 3.8) is 0 Å². The molecule has 0 saturated heterocycles. The minimum atomic E-state index is -0.467. The number of aliphatic hydroxyl groups excluding tert-OH is 1. The van der Waals surface area contributed by atoms with Crippen molar-refractivity contribution >= 4 is 33.5 Å². The molecule has 2 heterocycles. The predicted molar refractivity (Wildman–Crippen MR) is 79.4 cm³/mol. The number of aliphatic hydroxyl groups is 1. The zero-order chi connectivity index (χ0) is 12.7. The van der Waals surface area contributed by atoms with Gasteiger partial charge in [0.1, 0.15) is 6.10 Å². The number of nitrogens with zero attached hydrogens (tertiary/aromatic N) is 1. The van der Waals surface area contributed by atoms with E-state index in [2.05, 4.69) is 27.6 Å². The number of para-hydroxylation sites is 1. The first-order chi connectivity index (χ1) is 8.69. The number of pyridine rings is 1. The maximum Gasteiger partial charge on any atom is 0.220 e. The second-order valence-corrected chi connectivity index (χ2v) is 5.56.